The summed E-state index contributed by atoms with van der Waals surface area (Å²) in [5.74, 6) is 1.10. The van der Waals surface area contributed by atoms with Gasteiger partial charge >= 0.3 is 0 Å². The van der Waals surface area contributed by atoms with Gasteiger partial charge in [0.2, 0.25) is 0 Å². The minimum atomic E-state index is 0. The molecule has 0 aromatic heterocycles. The van der Waals surface area contributed by atoms with Crippen molar-refractivity contribution in [3.05, 3.63) is 23.8 Å². The molecule has 124 valence electrons. The largest absolute Gasteiger partial charge is 0.493 e. The van der Waals surface area contributed by atoms with E-state index in [2.05, 4.69) is 18.7 Å². The zero-order valence-electron chi connectivity index (χ0n) is 13.3. The van der Waals surface area contributed by atoms with Gasteiger partial charge in [-0.1, -0.05) is 6.07 Å². The average Bonchev–Trinajstić information content (AvgIpc) is 2.46. The van der Waals surface area contributed by atoms with E-state index in [0.29, 0.717) is 23.7 Å². The Hall–Kier alpha value is -1.30. The van der Waals surface area contributed by atoms with Crippen molar-refractivity contribution in [3.8, 4) is 11.5 Å². The molecular formula is C16H24ClNO4. The van der Waals surface area contributed by atoms with E-state index in [1.165, 1.54) is 0 Å². The minimum absolute atomic E-state index is 0. The van der Waals surface area contributed by atoms with Gasteiger partial charge in [-0.05, 0) is 26.0 Å². The van der Waals surface area contributed by atoms with Crippen LogP contribution in [-0.4, -0.2) is 56.7 Å². The Bertz CT molecular complexity index is 473. The van der Waals surface area contributed by atoms with Crippen molar-refractivity contribution in [2.75, 3.05) is 33.4 Å². The first kappa shape index (κ1) is 18.7. The molecule has 2 rings (SSSR count). The summed E-state index contributed by atoms with van der Waals surface area (Å²) in [5.41, 5.74) is 0.512. The predicted molar refractivity (Wildman–Crippen MR) is 87.6 cm³/mol. The van der Waals surface area contributed by atoms with Gasteiger partial charge in [0.25, 0.3) is 0 Å². The number of nitrogens with zero attached hydrogens (tertiary/aromatic N) is 1. The van der Waals surface area contributed by atoms with Gasteiger partial charge in [-0.2, -0.15) is 0 Å². The van der Waals surface area contributed by atoms with Gasteiger partial charge in [0.05, 0.1) is 24.9 Å². The zero-order valence-corrected chi connectivity index (χ0v) is 14.1. The van der Waals surface area contributed by atoms with Crippen LogP contribution in [0.4, 0.5) is 0 Å². The van der Waals surface area contributed by atoms with Crippen molar-refractivity contribution in [1.29, 1.82) is 0 Å². The topological polar surface area (TPSA) is 48.0 Å². The summed E-state index contributed by atoms with van der Waals surface area (Å²) in [6.45, 7) is 7.28. The number of para-hydroxylation sites is 1. The molecule has 1 saturated heterocycles. The highest BCUT2D eigenvalue weighted by atomic mass is 35.5. The highest BCUT2D eigenvalue weighted by Gasteiger charge is 2.22. The van der Waals surface area contributed by atoms with Crippen molar-refractivity contribution >= 4 is 18.7 Å². The number of hydrogen-bond donors (Lipinski definition) is 0. The van der Waals surface area contributed by atoms with Crippen molar-refractivity contribution in [1.82, 2.24) is 4.90 Å². The number of methoxy groups -OCH3 is 1. The maximum atomic E-state index is 11.1. The number of benzene rings is 1. The summed E-state index contributed by atoms with van der Waals surface area (Å²) in [7, 11) is 1.57. The van der Waals surface area contributed by atoms with Crippen LogP contribution in [0.1, 0.15) is 24.2 Å². The minimum Gasteiger partial charge on any atom is -0.493 e. The third-order valence-corrected chi connectivity index (χ3v) is 3.51. The number of aldehydes is 1. The van der Waals surface area contributed by atoms with E-state index in [4.69, 9.17) is 14.2 Å². The summed E-state index contributed by atoms with van der Waals surface area (Å²) in [6.07, 6.45) is 1.27. The Balaban J connectivity index is 0.00000242. The molecule has 0 N–H and O–H groups in total. The quantitative estimate of drug-likeness (QED) is 0.750. The Morgan fingerprint density at radius 1 is 1.32 bits per heavy atom. The lowest BCUT2D eigenvalue weighted by Gasteiger charge is -2.35. The highest BCUT2D eigenvalue weighted by Crippen LogP contribution is 2.29. The monoisotopic (exact) mass is 329 g/mol. The van der Waals surface area contributed by atoms with Gasteiger partial charge in [0.15, 0.2) is 17.8 Å². The molecular weight excluding hydrogens is 306 g/mol. The number of rotatable bonds is 6. The third kappa shape index (κ3) is 4.87. The van der Waals surface area contributed by atoms with E-state index >= 15 is 0 Å². The Morgan fingerprint density at radius 3 is 2.59 bits per heavy atom. The van der Waals surface area contributed by atoms with E-state index in [9.17, 15) is 4.79 Å². The third-order valence-electron chi connectivity index (χ3n) is 3.51. The fourth-order valence-electron chi connectivity index (χ4n) is 2.68. The molecule has 0 spiro atoms. The molecule has 0 radical (unpaired) electrons. The molecule has 1 aromatic rings. The number of hydrogen-bond acceptors (Lipinski definition) is 5. The second-order valence-electron chi connectivity index (χ2n) is 5.36. The van der Waals surface area contributed by atoms with Gasteiger partial charge in [-0.25, -0.2) is 0 Å². The molecule has 1 heterocycles. The number of carbonyl (C=O) groups is 1. The maximum absolute atomic E-state index is 11.1. The van der Waals surface area contributed by atoms with Crippen LogP contribution in [0.15, 0.2) is 18.2 Å². The standard InChI is InChI=1S/C16H23NO4.ClH/c1-12-9-17(10-13(2)21-12)7-8-20-16-14(11-18)5-4-6-15(16)19-3;/h4-6,11-13H,7-10H2,1-3H3;1H. The molecule has 2 atom stereocenters. The van der Waals surface area contributed by atoms with E-state index in [0.717, 1.165) is 25.9 Å². The first-order valence-electron chi connectivity index (χ1n) is 7.26. The molecule has 0 aliphatic carbocycles. The molecule has 5 nitrogen and oxygen atoms in total. The molecule has 1 fully saturated rings. The number of ether oxygens (including phenoxy) is 3. The van der Waals surface area contributed by atoms with Crippen LogP contribution in [0, 0.1) is 0 Å². The summed E-state index contributed by atoms with van der Waals surface area (Å²) < 4.78 is 16.7. The first-order chi connectivity index (χ1) is 10.1. The van der Waals surface area contributed by atoms with E-state index in [1.807, 2.05) is 0 Å². The second kappa shape index (κ2) is 8.98. The maximum Gasteiger partial charge on any atom is 0.171 e. The summed E-state index contributed by atoms with van der Waals surface area (Å²) in [5, 5.41) is 0. The Kier molecular flexibility index (Phi) is 7.65. The van der Waals surface area contributed by atoms with Crippen molar-refractivity contribution in [3.63, 3.8) is 0 Å². The molecule has 0 amide bonds. The van der Waals surface area contributed by atoms with Crippen LogP contribution in [0.5, 0.6) is 11.5 Å². The number of carbonyl (C=O) groups excluding carboxylic acids is 1. The molecule has 1 aliphatic rings. The van der Waals surface area contributed by atoms with Crippen LogP contribution >= 0.6 is 12.4 Å². The zero-order chi connectivity index (χ0) is 15.2. The SMILES string of the molecule is COc1cccc(C=O)c1OCCN1CC(C)OC(C)C1.Cl. The fourth-order valence-corrected chi connectivity index (χ4v) is 2.68. The smallest absolute Gasteiger partial charge is 0.171 e. The average molecular weight is 330 g/mol. The van der Waals surface area contributed by atoms with Gasteiger partial charge in [0.1, 0.15) is 6.61 Å². The lowest BCUT2D eigenvalue weighted by molar-refractivity contribution is -0.0699. The van der Waals surface area contributed by atoms with E-state index in [1.54, 1.807) is 25.3 Å². The Labute approximate surface area is 137 Å². The number of halogens is 1. The molecule has 2 unspecified atom stereocenters. The summed E-state index contributed by atoms with van der Waals surface area (Å²) in [6, 6.07) is 5.30. The molecule has 6 heteroatoms. The van der Waals surface area contributed by atoms with E-state index in [-0.39, 0.29) is 24.6 Å². The number of morpholine rings is 1. The van der Waals surface area contributed by atoms with Gasteiger partial charge < -0.3 is 14.2 Å². The van der Waals surface area contributed by atoms with Gasteiger partial charge in [0, 0.05) is 19.6 Å². The van der Waals surface area contributed by atoms with Gasteiger partial charge in [-0.15, -0.1) is 12.4 Å². The van der Waals surface area contributed by atoms with Crippen LogP contribution in [-0.2, 0) is 4.74 Å². The van der Waals surface area contributed by atoms with Crippen LogP contribution in [0.3, 0.4) is 0 Å². The van der Waals surface area contributed by atoms with Crippen molar-refractivity contribution in [2.45, 2.75) is 26.1 Å². The molecule has 1 aromatic carbocycles. The van der Waals surface area contributed by atoms with Crippen LogP contribution in [0.25, 0.3) is 0 Å². The van der Waals surface area contributed by atoms with Crippen LogP contribution < -0.4 is 9.47 Å². The molecule has 0 saturated carbocycles. The summed E-state index contributed by atoms with van der Waals surface area (Å²) >= 11 is 0. The second-order valence-corrected chi connectivity index (χ2v) is 5.36. The van der Waals surface area contributed by atoms with E-state index < -0.39 is 0 Å². The highest BCUT2D eigenvalue weighted by molar-refractivity contribution is 5.85. The lowest BCUT2D eigenvalue weighted by atomic mass is 10.2. The Morgan fingerprint density at radius 2 is 2.00 bits per heavy atom. The first-order valence-corrected chi connectivity index (χ1v) is 7.26. The van der Waals surface area contributed by atoms with Crippen molar-refractivity contribution in [2.24, 2.45) is 0 Å². The normalized spacial score (nSPS) is 21.8. The lowest BCUT2D eigenvalue weighted by Crippen LogP contribution is -2.46. The molecule has 22 heavy (non-hydrogen) atoms. The predicted octanol–water partition coefficient (Wildman–Crippen LogP) is 2.42. The van der Waals surface area contributed by atoms with Gasteiger partial charge in [-0.3, -0.25) is 9.69 Å². The fraction of sp³-hybridized carbons (Fsp3) is 0.562. The molecule has 1 aliphatic heterocycles. The van der Waals surface area contributed by atoms with Crippen LogP contribution in [0.2, 0.25) is 0 Å². The molecule has 0 bridgehead atoms. The van der Waals surface area contributed by atoms with Crippen molar-refractivity contribution < 1.29 is 19.0 Å². The summed E-state index contributed by atoms with van der Waals surface area (Å²) in [4.78, 5) is 13.4.